The fourth-order valence-corrected chi connectivity index (χ4v) is 3.00. The van der Waals surface area contributed by atoms with Crippen LogP contribution in [0.3, 0.4) is 0 Å². The van der Waals surface area contributed by atoms with Crippen LogP contribution in [-0.4, -0.2) is 19.6 Å². The summed E-state index contributed by atoms with van der Waals surface area (Å²) in [6.07, 6.45) is 7.00. The Morgan fingerprint density at radius 2 is 2.04 bits per heavy atom. The van der Waals surface area contributed by atoms with E-state index in [1.165, 1.54) is 6.33 Å². The molecule has 118 valence electrons. The molecule has 0 unspecified atom stereocenters. The van der Waals surface area contributed by atoms with Crippen molar-refractivity contribution in [2.24, 2.45) is 0 Å². The van der Waals surface area contributed by atoms with Crippen LogP contribution >= 0.6 is 0 Å². The average molecular weight is 315 g/mol. The van der Waals surface area contributed by atoms with E-state index in [1.807, 2.05) is 35.0 Å². The molecule has 5 heteroatoms. The summed E-state index contributed by atoms with van der Waals surface area (Å²) in [7, 11) is 0. The molecule has 0 spiro atoms. The van der Waals surface area contributed by atoms with Crippen LogP contribution in [0.15, 0.2) is 61.6 Å². The van der Waals surface area contributed by atoms with Crippen LogP contribution < -0.4 is 5.73 Å². The zero-order valence-electron chi connectivity index (χ0n) is 13.2. The van der Waals surface area contributed by atoms with Gasteiger partial charge in [-0.3, -0.25) is 4.98 Å². The van der Waals surface area contributed by atoms with Crippen molar-refractivity contribution in [3.05, 3.63) is 67.3 Å². The summed E-state index contributed by atoms with van der Waals surface area (Å²) in [4.78, 5) is 8.71. The van der Waals surface area contributed by atoms with E-state index in [-0.39, 0.29) is 0 Å². The molecule has 0 saturated carbocycles. The third-order valence-electron chi connectivity index (χ3n) is 4.16. The molecule has 2 N–H and O–H groups in total. The summed E-state index contributed by atoms with van der Waals surface area (Å²) in [6, 6.07) is 12.3. The van der Waals surface area contributed by atoms with Crippen molar-refractivity contribution in [3.8, 4) is 11.1 Å². The fraction of sp³-hybridized carbons (Fsp3) is 0.105. The maximum absolute atomic E-state index is 6.14. The number of allylic oxidation sites excluding steroid dienone is 1. The van der Waals surface area contributed by atoms with Gasteiger partial charge in [0.15, 0.2) is 5.82 Å². The lowest BCUT2D eigenvalue weighted by Gasteiger charge is -2.04. The highest BCUT2D eigenvalue weighted by molar-refractivity contribution is 5.92. The molecule has 0 aliphatic heterocycles. The van der Waals surface area contributed by atoms with E-state index in [1.54, 1.807) is 0 Å². The molecule has 0 bridgehead atoms. The largest absolute Gasteiger partial charge is 0.382 e. The van der Waals surface area contributed by atoms with Crippen LogP contribution in [0, 0.1) is 0 Å². The van der Waals surface area contributed by atoms with Gasteiger partial charge in [-0.15, -0.1) is 6.58 Å². The first kappa shape index (κ1) is 14.4. The second-order valence-corrected chi connectivity index (χ2v) is 5.70. The van der Waals surface area contributed by atoms with Crippen LogP contribution in [0.25, 0.3) is 27.5 Å². The molecule has 5 nitrogen and oxygen atoms in total. The van der Waals surface area contributed by atoms with Gasteiger partial charge in [-0.05, 0) is 31.0 Å². The van der Waals surface area contributed by atoms with Gasteiger partial charge in [0.1, 0.15) is 11.8 Å². The Morgan fingerprint density at radius 3 is 2.92 bits per heavy atom. The monoisotopic (exact) mass is 315 g/mol. The predicted molar refractivity (Wildman–Crippen MR) is 96.7 cm³/mol. The fourth-order valence-electron chi connectivity index (χ4n) is 3.00. The molecule has 4 aromatic rings. The van der Waals surface area contributed by atoms with Gasteiger partial charge in [0.05, 0.1) is 5.52 Å². The van der Waals surface area contributed by atoms with E-state index >= 15 is 0 Å². The normalized spacial score (nSPS) is 11.2. The van der Waals surface area contributed by atoms with Crippen molar-refractivity contribution in [1.29, 1.82) is 0 Å². The lowest BCUT2D eigenvalue weighted by atomic mass is 10.1. The Hall–Kier alpha value is -3.21. The number of pyridine rings is 1. The standard InChI is InChI=1S/C19H17N5/c1-2-3-7-15-10-16(18-19(20)22-12-23-24(15)18)14-9-13-6-4-5-8-17(13)21-11-14/h2,4-6,8-12H,1,3,7H2,(H2,20,22,23). The number of aromatic nitrogens is 4. The van der Waals surface area contributed by atoms with Crippen LogP contribution in [0.2, 0.25) is 0 Å². The predicted octanol–water partition coefficient (Wildman–Crippen LogP) is 3.65. The van der Waals surface area contributed by atoms with E-state index in [2.05, 4.69) is 39.8 Å². The van der Waals surface area contributed by atoms with Gasteiger partial charge in [0.25, 0.3) is 0 Å². The molecule has 0 radical (unpaired) electrons. The molecule has 0 saturated heterocycles. The number of fused-ring (bicyclic) bond motifs is 2. The van der Waals surface area contributed by atoms with E-state index < -0.39 is 0 Å². The highest BCUT2D eigenvalue weighted by atomic mass is 15.3. The first-order valence-corrected chi connectivity index (χ1v) is 7.85. The molecule has 0 amide bonds. The van der Waals surface area contributed by atoms with Gasteiger partial charge in [-0.2, -0.15) is 5.10 Å². The summed E-state index contributed by atoms with van der Waals surface area (Å²) in [5.41, 5.74) is 11.0. The average Bonchev–Trinajstić information content (AvgIpc) is 2.99. The SMILES string of the molecule is C=CCCc1cc(-c2cnc3ccccc3c2)c2c(N)ncnn12. The maximum atomic E-state index is 6.14. The first-order chi connectivity index (χ1) is 11.8. The van der Waals surface area contributed by atoms with Gasteiger partial charge < -0.3 is 5.73 Å². The maximum Gasteiger partial charge on any atom is 0.151 e. The molecule has 0 fully saturated rings. The summed E-state index contributed by atoms with van der Waals surface area (Å²) in [6.45, 7) is 3.80. The zero-order valence-corrected chi connectivity index (χ0v) is 13.2. The smallest absolute Gasteiger partial charge is 0.151 e. The molecule has 3 aromatic heterocycles. The zero-order chi connectivity index (χ0) is 16.5. The molecule has 0 aliphatic rings. The highest BCUT2D eigenvalue weighted by Crippen LogP contribution is 2.31. The van der Waals surface area contributed by atoms with E-state index in [9.17, 15) is 0 Å². The van der Waals surface area contributed by atoms with Crippen molar-refractivity contribution < 1.29 is 0 Å². The molecule has 3 heterocycles. The Bertz CT molecular complexity index is 1050. The summed E-state index contributed by atoms with van der Waals surface area (Å²) < 4.78 is 1.87. The topological polar surface area (TPSA) is 69.1 Å². The molecular weight excluding hydrogens is 298 g/mol. The van der Waals surface area contributed by atoms with Gasteiger partial charge in [-0.1, -0.05) is 24.3 Å². The number of para-hydroxylation sites is 1. The van der Waals surface area contributed by atoms with Gasteiger partial charge >= 0.3 is 0 Å². The van der Waals surface area contributed by atoms with Crippen LogP contribution in [0.4, 0.5) is 5.82 Å². The molecule has 1 aromatic carbocycles. The lowest BCUT2D eigenvalue weighted by Crippen LogP contribution is -2.02. The number of anilines is 1. The molecular formula is C19H17N5. The van der Waals surface area contributed by atoms with E-state index in [0.29, 0.717) is 5.82 Å². The van der Waals surface area contributed by atoms with Gasteiger partial charge in [0.2, 0.25) is 0 Å². The quantitative estimate of drug-likeness (QED) is 0.584. The van der Waals surface area contributed by atoms with Crippen molar-refractivity contribution >= 4 is 22.2 Å². The summed E-state index contributed by atoms with van der Waals surface area (Å²) in [5.74, 6) is 0.470. The number of nitrogen functional groups attached to an aromatic ring is 1. The number of hydrogen-bond donors (Lipinski definition) is 1. The first-order valence-electron chi connectivity index (χ1n) is 7.85. The van der Waals surface area contributed by atoms with Crippen LogP contribution in [-0.2, 0) is 6.42 Å². The number of aryl methyl sites for hydroxylation is 1. The number of benzene rings is 1. The number of hydrogen-bond acceptors (Lipinski definition) is 4. The summed E-state index contributed by atoms with van der Waals surface area (Å²) in [5, 5.41) is 5.47. The molecule has 4 rings (SSSR count). The second-order valence-electron chi connectivity index (χ2n) is 5.70. The van der Waals surface area contributed by atoms with Crippen molar-refractivity contribution in [1.82, 2.24) is 19.6 Å². The van der Waals surface area contributed by atoms with Crippen LogP contribution in [0.5, 0.6) is 0 Å². The Balaban J connectivity index is 1.95. The minimum atomic E-state index is 0.470. The molecule has 24 heavy (non-hydrogen) atoms. The minimum Gasteiger partial charge on any atom is -0.382 e. The van der Waals surface area contributed by atoms with Gasteiger partial charge in [-0.25, -0.2) is 9.50 Å². The van der Waals surface area contributed by atoms with E-state index in [4.69, 9.17) is 5.73 Å². The van der Waals surface area contributed by atoms with Crippen LogP contribution in [0.1, 0.15) is 12.1 Å². The molecule has 0 aliphatic carbocycles. The lowest BCUT2D eigenvalue weighted by molar-refractivity contribution is 0.818. The third-order valence-corrected chi connectivity index (χ3v) is 4.16. The molecule has 0 atom stereocenters. The Labute approximate surface area is 139 Å². The van der Waals surface area contributed by atoms with Crippen molar-refractivity contribution in [2.75, 3.05) is 5.73 Å². The second kappa shape index (κ2) is 5.77. The highest BCUT2D eigenvalue weighted by Gasteiger charge is 2.15. The minimum absolute atomic E-state index is 0.470. The summed E-state index contributed by atoms with van der Waals surface area (Å²) >= 11 is 0. The number of rotatable bonds is 4. The third kappa shape index (κ3) is 2.31. The number of nitrogens with zero attached hydrogens (tertiary/aromatic N) is 4. The van der Waals surface area contributed by atoms with Crippen molar-refractivity contribution in [2.45, 2.75) is 12.8 Å². The Kier molecular flexibility index (Phi) is 3.46. The van der Waals surface area contributed by atoms with Gasteiger partial charge in [0, 0.05) is 28.4 Å². The van der Waals surface area contributed by atoms with Crippen molar-refractivity contribution in [3.63, 3.8) is 0 Å². The number of nitrogens with two attached hydrogens (primary N) is 1. The Morgan fingerprint density at radius 1 is 1.17 bits per heavy atom. The van der Waals surface area contributed by atoms with E-state index in [0.717, 1.165) is 46.1 Å².